The third kappa shape index (κ3) is 6.40. The third-order valence-corrected chi connectivity index (χ3v) is 3.72. The number of ether oxygens (including phenoxy) is 1. The van der Waals surface area contributed by atoms with Gasteiger partial charge in [0.05, 0.1) is 13.0 Å². The fraction of sp³-hybridized carbons (Fsp3) is 0.875. The molecule has 4 heteroatoms. The van der Waals surface area contributed by atoms with Gasteiger partial charge in [0.25, 0.3) is 0 Å². The van der Waals surface area contributed by atoms with Crippen LogP contribution in [0.5, 0.6) is 0 Å². The molecular weight excluding hydrogens is 254 g/mol. The van der Waals surface area contributed by atoms with Gasteiger partial charge in [-0.05, 0) is 25.2 Å². The number of esters is 1. The maximum absolute atomic E-state index is 12.5. The van der Waals surface area contributed by atoms with Gasteiger partial charge in [-0.25, -0.2) is 0 Å². The van der Waals surface area contributed by atoms with Gasteiger partial charge >= 0.3 is 5.97 Å². The Morgan fingerprint density at radius 1 is 1.10 bits per heavy atom. The number of nitrogens with zero attached hydrogens (tertiary/aromatic N) is 1. The molecule has 0 saturated heterocycles. The fourth-order valence-corrected chi connectivity index (χ4v) is 2.21. The molecule has 0 aliphatic rings. The second-order valence-corrected chi connectivity index (χ2v) is 5.90. The molecule has 0 N–H and O–H groups in total. The molecule has 0 heterocycles. The molecule has 1 atom stereocenters. The van der Waals surface area contributed by atoms with Crippen molar-refractivity contribution < 1.29 is 14.3 Å². The Bertz CT molecular complexity index is 298. The number of hydrogen-bond acceptors (Lipinski definition) is 3. The second-order valence-electron chi connectivity index (χ2n) is 5.90. The average molecular weight is 285 g/mol. The van der Waals surface area contributed by atoms with E-state index in [9.17, 15) is 9.59 Å². The molecule has 0 aromatic carbocycles. The van der Waals surface area contributed by atoms with Crippen molar-refractivity contribution in [2.45, 2.75) is 53.9 Å². The van der Waals surface area contributed by atoms with Crippen LogP contribution in [0.3, 0.4) is 0 Å². The molecular formula is C16H31NO3. The monoisotopic (exact) mass is 285 g/mol. The molecule has 1 unspecified atom stereocenters. The van der Waals surface area contributed by atoms with E-state index >= 15 is 0 Å². The van der Waals surface area contributed by atoms with Crippen molar-refractivity contribution in [3.63, 3.8) is 0 Å². The Balaban J connectivity index is 4.79. The lowest BCUT2D eigenvalue weighted by Gasteiger charge is -2.29. The first-order chi connectivity index (χ1) is 9.37. The molecule has 1 amide bonds. The van der Waals surface area contributed by atoms with E-state index in [0.717, 1.165) is 19.3 Å². The fourth-order valence-electron chi connectivity index (χ4n) is 2.21. The highest BCUT2D eigenvalue weighted by Gasteiger charge is 2.25. The lowest BCUT2D eigenvalue weighted by molar-refractivity contribution is -0.147. The summed E-state index contributed by atoms with van der Waals surface area (Å²) in [4.78, 5) is 25.9. The van der Waals surface area contributed by atoms with E-state index in [1.807, 2.05) is 25.7 Å². The zero-order valence-electron chi connectivity index (χ0n) is 13.9. The Kier molecular flexibility index (Phi) is 9.26. The predicted molar refractivity (Wildman–Crippen MR) is 81.3 cm³/mol. The first-order valence-corrected chi connectivity index (χ1v) is 7.73. The molecule has 0 aliphatic heterocycles. The number of methoxy groups -OCH3 is 1. The van der Waals surface area contributed by atoms with Crippen LogP contribution in [0.1, 0.15) is 53.9 Å². The molecule has 0 rings (SSSR count). The molecule has 0 aromatic heterocycles. The molecule has 0 saturated carbocycles. The minimum Gasteiger partial charge on any atom is -0.469 e. The van der Waals surface area contributed by atoms with Crippen LogP contribution in [-0.4, -0.2) is 37.0 Å². The molecule has 0 aromatic rings. The van der Waals surface area contributed by atoms with E-state index in [-0.39, 0.29) is 23.7 Å². The topological polar surface area (TPSA) is 46.6 Å². The smallest absolute Gasteiger partial charge is 0.310 e. The minimum absolute atomic E-state index is 0.0620. The summed E-state index contributed by atoms with van der Waals surface area (Å²) in [5, 5.41) is 0. The third-order valence-electron chi connectivity index (χ3n) is 3.72. The molecule has 118 valence electrons. The quantitative estimate of drug-likeness (QED) is 0.612. The lowest BCUT2D eigenvalue weighted by atomic mass is 10.00. The van der Waals surface area contributed by atoms with Crippen LogP contribution < -0.4 is 0 Å². The number of hydrogen-bond donors (Lipinski definition) is 0. The van der Waals surface area contributed by atoms with E-state index in [4.69, 9.17) is 4.74 Å². The molecule has 0 radical (unpaired) electrons. The number of rotatable bonds is 9. The van der Waals surface area contributed by atoms with Gasteiger partial charge in [0.15, 0.2) is 0 Å². The van der Waals surface area contributed by atoms with E-state index in [2.05, 4.69) is 13.8 Å². The van der Waals surface area contributed by atoms with Gasteiger partial charge in [-0.1, -0.05) is 34.6 Å². The van der Waals surface area contributed by atoms with Gasteiger partial charge in [-0.3, -0.25) is 9.59 Å². The average Bonchev–Trinajstić information content (AvgIpc) is 2.42. The summed E-state index contributed by atoms with van der Waals surface area (Å²) in [5.74, 6) is 0.251. The summed E-state index contributed by atoms with van der Waals surface area (Å²) in [6.07, 6.45) is 2.65. The van der Waals surface area contributed by atoms with Gasteiger partial charge in [0, 0.05) is 19.0 Å². The Labute approximate surface area is 123 Å². The van der Waals surface area contributed by atoms with Crippen LogP contribution in [-0.2, 0) is 14.3 Å². The summed E-state index contributed by atoms with van der Waals surface area (Å²) in [6.45, 7) is 11.3. The van der Waals surface area contributed by atoms with Crippen molar-refractivity contribution in [3.8, 4) is 0 Å². The van der Waals surface area contributed by atoms with Gasteiger partial charge in [-0.2, -0.15) is 0 Å². The molecule has 4 nitrogen and oxygen atoms in total. The maximum Gasteiger partial charge on any atom is 0.310 e. The summed E-state index contributed by atoms with van der Waals surface area (Å²) < 4.78 is 4.75. The first-order valence-electron chi connectivity index (χ1n) is 7.73. The number of amides is 1. The molecule has 20 heavy (non-hydrogen) atoms. The highest BCUT2D eigenvalue weighted by Crippen LogP contribution is 2.15. The largest absolute Gasteiger partial charge is 0.469 e. The second kappa shape index (κ2) is 9.78. The van der Waals surface area contributed by atoms with Gasteiger partial charge in [0.1, 0.15) is 0 Å². The molecule has 0 aliphatic carbocycles. The Morgan fingerprint density at radius 3 is 2.05 bits per heavy atom. The van der Waals surface area contributed by atoms with E-state index in [1.54, 1.807) is 0 Å². The molecule has 0 spiro atoms. The highest BCUT2D eigenvalue weighted by molar-refractivity contribution is 5.80. The van der Waals surface area contributed by atoms with Crippen molar-refractivity contribution in [1.82, 2.24) is 4.90 Å². The van der Waals surface area contributed by atoms with Crippen molar-refractivity contribution in [2.75, 3.05) is 20.2 Å². The Morgan fingerprint density at radius 2 is 1.65 bits per heavy atom. The van der Waals surface area contributed by atoms with Gasteiger partial charge in [0.2, 0.25) is 5.91 Å². The van der Waals surface area contributed by atoms with E-state index < -0.39 is 0 Å². The van der Waals surface area contributed by atoms with E-state index in [1.165, 1.54) is 7.11 Å². The zero-order chi connectivity index (χ0) is 15.7. The van der Waals surface area contributed by atoms with Crippen molar-refractivity contribution >= 4 is 11.9 Å². The minimum atomic E-state index is -0.273. The van der Waals surface area contributed by atoms with E-state index in [0.29, 0.717) is 19.0 Å². The number of carbonyl (C=O) groups is 2. The lowest BCUT2D eigenvalue weighted by Crippen LogP contribution is -2.41. The SMILES string of the molecule is CCC(CC)C(=O)N(CCC(C)C)CC(C)C(=O)OC. The van der Waals surface area contributed by atoms with Crippen molar-refractivity contribution in [1.29, 1.82) is 0 Å². The standard InChI is InChI=1S/C16H31NO3/c1-7-14(8-2)15(18)17(10-9-12(3)4)11-13(5)16(19)20-6/h12-14H,7-11H2,1-6H3. The molecule has 0 bridgehead atoms. The predicted octanol–water partition coefficient (Wildman–Crippen LogP) is 3.11. The Hall–Kier alpha value is -1.06. The van der Waals surface area contributed by atoms with Gasteiger partial charge < -0.3 is 9.64 Å². The van der Waals surface area contributed by atoms with Crippen LogP contribution >= 0.6 is 0 Å². The molecule has 0 fully saturated rings. The summed E-state index contributed by atoms with van der Waals surface area (Å²) >= 11 is 0. The van der Waals surface area contributed by atoms with Crippen LogP contribution in [0, 0.1) is 17.8 Å². The first kappa shape index (κ1) is 18.9. The van der Waals surface area contributed by atoms with Crippen molar-refractivity contribution in [2.24, 2.45) is 17.8 Å². The van der Waals surface area contributed by atoms with Crippen LogP contribution in [0.2, 0.25) is 0 Å². The normalized spacial score (nSPS) is 12.6. The van der Waals surface area contributed by atoms with Crippen LogP contribution in [0.25, 0.3) is 0 Å². The van der Waals surface area contributed by atoms with Crippen molar-refractivity contribution in [3.05, 3.63) is 0 Å². The maximum atomic E-state index is 12.5. The number of carbonyl (C=O) groups excluding carboxylic acids is 2. The summed E-state index contributed by atoms with van der Waals surface area (Å²) in [5.41, 5.74) is 0. The summed E-state index contributed by atoms with van der Waals surface area (Å²) in [6, 6.07) is 0. The highest BCUT2D eigenvalue weighted by atomic mass is 16.5. The van der Waals surface area contributed by atoms with Crippen LogP contribution in [0.4, 0.5) is 0 Å². The zero-order valence-corrected chi connectivity index (χ0v) is 13.9. The summed E-state index contributed by atoms with van der Waals surface area (Å²) in [7, 11) is 1.39. The van der Waals surface area contributed by atoms with Crippen LogP contribution in [0.15, 0.2) is 0 Å². The van der Waals surface area contributed by atoms with Gasteiger partial charge in [-0.15, -0.1) is 0 Å².